The molecule has 0 unspecified atom stereocenters. The van der Waals surface area contributed by atoms with E-state index in [1.165, 1.54) is 14.2 Å². The third kappa shape index (κ3) is 2.85. The van der Waals surface area contributed by atoms with E-state index in [9.17, 15) is 14.9 Å². The Morgan fingerprint density at radius 2 is 2.30 bits per heavy atom. The molecule has 0 aromatic rings. The average Bonchev–Trinajstić information content (AvgIpc) is 1.87. The van der Waals surface area contributed by atoms with E-state index >= 15 is 0 Å². The van der Waals surface area contributed by atoms with Crippen molar-refractivity contribution in [2.24, 2.45) is 0 Å². The van der Waals surface area contributed by atoms with Gasteiger partial charge in [-0.15, -0.1) is 5.01 Å². The molecule has 0 atom stereocenters. The van der Waals surface area contributed by atoms with Crippen molar-refractivity contribution in [1.29, 1.82) is 0 Å². The van der Waals surface area contributed by atoms with Gasteiger partial charge in [0.05, 0.1) is 14.2 Å². The standard InChI is InChI=1S/C4H8N2O4/c1-5(6(8)9)3-4(7)10-2/h3H2,1-2H3. The van der Waals surface area contributed by atoms with Crippen molar-refractivity contribution < 1.29 is 14.6 Å². The van der Waals surface area contributed by atoms with Crippen LogP contribution in [0.2, 0.25) is 0 Å². The van der Waals surface area contributed by atoms with Gasteiger partial charge in [0.15, 0.2) is 11.6 Å². The fourth-order valence-corrected chi connectivity index (χ4v) is 0.309. The van der Waals surface area contributed by atoms with Crippen molar-refractivity contribution in [1.82, 2.24) is 5.01 Å². The van der Waals surface area contributed by atoms with Crippen LogP contribution in [0, 0.1) is 10.1 Å². The minimum Gasteiger partial charge on any atom is -0.468 e. The Morgan fingerprint density at radius 3 is 2.60 bits per heavy atom. The molecule has 0 aliphatic heterocycles. The predicted molar refractivity (Wildman–Crippen MR) is 31.6 cm³/mol. The summed E-state index contributed by atoms with van der Waals surface area (Å²) in [6, 6.07) is 0. The first kappa shape index (κ1) is 8.67. The fourth-order valence-electron chi connectivity index (χ4n) is 0.309. The molecule has 0 spiro atoms. The highest BCUT2D eigenvalue weighted by Crippen LogP contribution is 1.82. The summed E-state index contributed by atoms with van der Waals surface area (Å²) in [7, 11) is 2.37. The molecule has 0 bridgehead atoms. The van der Waals surface area contributed by atoms with Crippen molar-refractivity contribution in [3.8, 4) is 0 Å². The minimum atomic E-state index is -0.684. The quantitative estimate of drug-likeness (QED) is 0.300. The topological polar surface area (TPSA) is 72.7 Å². The summed E-state index contributed by atoms with van der Waals surface area (Å²) >= 11 is 0. The van der Waals surface area contributed by atoms with Crippen molar-refractivity contribution in [2.75, 3.05) is 20.7 Å². The first-order valence-corrected chi connectivity index (χ1v) is 2.50. The molecule has 0 amide bonds. The number of esters is 1. The summed E-state index contributed by atoms with van der Waals surface area (Å²) in [5.41, 5.74) is 0. The van der Waals surface area contributed by atoms with E-state index in [-0.39, 0.29) is 6.54 Å². The highest BCUT2D eigenvalue weighted by Gasteiger charge is 2.12. The molecule has 0 saturated heterocycles. The predicted octanol–water partition coefficient (Wildman–Crippen LogP) is -0.717. The highest BCUT2D eigenvalue weighted by atomic mass is 16.7. The van der Waals surface area contributed by atoms with Gasteiger partial charge in [-0.25, -0.2) is 14.9 Å². The van der Waals surface area contributed by atoms with Crippen molar-refractivity contribution in [2.45, 2.75) is 0 Å². The van der Waals surface area contributed by atoms with Crippen LogP contribution in [0.1, 0.15) is 0 Å². The number of rotatable bonds is 3. The molecule has 0 aromatic carbocycles. The first-order valence-electron chi connectivity index (χ1n) is 2.50. The maximum Gasteiger partial charge on any atom is 0.331 e. The Kier molecular flexibility index (Phi) is 3.16. The maximum absolute atomic E-state index is 10.4. The summed E-state index contributed by atoms with van der Waals surface area (Å²) in [5.74, 6) is -0.626. The van der Waals surface area contributed by atoms with Crippen LogP contribution in [0.3, 0.4) is 0 Å². The van der Waals surface area contributed by atoms with E-state index in [1.807, 2.05) is 0 Å². The summed E-state index contributed by atoms with van der Waals surface area (Å²) in [4.78, 5) is 20.2. The average molecular weight is 148 g/mol. The lowest BCUT2D eigenvalue weighted by atomic mass is 10.6. The second kappa shape index (κ2) is 3.65. The zero-order valence-electron chi connectivity index (χ0n) is 5.73. The third-order valence-corrected chi connectivity index (χ3v) is 0.864. The molecule has 0 heterocycles. The molecule has 0 aromatic heterocycles. The Hall–Kier alpha value is -1.33. The van der Waals surface area contributed by atoms with Crippen LogP contribution < -0.4 is 0 Å². The highest BCUT2D eigenvalue weighted by molar-refractivity contribution is 5.71. The molecular formula is C4H8N2O4. The van der Waals surface area contributed by atoms with E-state index in [2.05, 4.69) is 4.74 Å². The van der Waals surface area contributed by atoms with Gasteiger partial charge in [-0.1, -0.05) is 0 Å². The smallest absolute Gasteiger partial charge is 0.331 e. The zero-order valence-corrected chi connectivity index (χ0v) is 5.73. The number of hydrogen-bond donors (Lipinski definition) is 0. The number of nitro groups is 1. The number of nitrogens with zero attached hydrogens (tertiary/aromatic N) is 2. The van der Waals surface area contributed by atoms with E-state index < -0.39 is 11.0 Å². The lowest BCUT2D eigenvalue weighted by Gasteiger charge is -2.04. The number of ether oxygens (including phenoxy) is 1. The SMILES string of the molecule is COC(=O)CN(C)[N+](=O)[O-]. The van der Waals surface area contributed by atoms with E-state index in [4.69, 9.17) is 0 Å². The van der Waals surface area contributed by atoms with Gasteiger partial charge in [0.2, 0.25) is 0 Å². The molecule has 0 N–H and O–H groups in total. The lowest BCUT2D eigenvalue weighted by Crippen LogP contribution is -2.31. The molecule has 0 aliphatic rings. The summed E-state index contributed by atoms with van der Waals surface area (Å²) < 4.78 is 4.19. The van der Waals surface area contributed by atoms with E-state index in [0.717, 1.165) is 0 Å². The minimum absolute atomic E-state index is 0.330. The molecule has 58 valence electrons. The molecule has 6 heteroatoms. The van der Waals surface area contributed by atoms with Gasteiger partial charge in [-0.05, 0) is 0 Å². The van der Waals surface area contributed by atoms with Gasteiger partial charge < -0.3 is 4.74 Å². The molecule has 0 radical (unpaired) electrons. The van der Waals surface area contributed by atoms with Crippen LogP contribution in [0.15, 0.2) is 0 Å². The number of hydrogen-bond acceptors (Lipinski definition) is 4. The number of carbonyl (C=O) groups excluding carboxylic acids is 1. The van der Waals surface area contributed by atoms with Gasteiger partial charge in [0, 0.05) is 0 Å². The second-order valence-electron chi connectivity index (χ2n) is 1.63. The van der Waals surface area contributed by atoms with Gasteiger partial charge in [0.25, 0.3) is 0 Å². The Bertz CT molecular complexity index is 146. The molecule has 0 aliphatic carbocycles. The van der Waals surface area contributed by atoms with Crippen LogP contribution in [-0.2, 0) is 9.53 Å². The Morgan fingerprint density at radius 1 is 1.80 bits per heavy atom. The van der Waals surface area contributed by atoms with Gasteiger partial charge in [-0.3, -0.25) is 0 Å². The number of hydrazine groups is 1. The van der Waals surface area contributed by atoms with Crippen molar-refractivity contribution >= 4 is 5.97 Å². The molecule has 10 heavy (non-hydrogen) atoms. The number of carbonyl (C=O) groups is 1. The van der Waals surface area contributed by atoms with E-state index in [1.54, 1.807) is 0 Å². The van der Waals surface area contributed by atoms with Gasteiger partial charge in [-0.2, -0.15) is 0 Å². The van der Waals surface area contributed by atoms with Gasteiger partial charge in [0.1, 0.15) is 0 Å². The zero-order chi connectivity index (χ0) is 8.15. The second-order valence-corrected chi connectivity index (χ2v) is 1.63. The fraction of sp³-hybridized carbons (Fsp3) is 0.750. The maximum atomic E-state index is 10.4. The largest absolute Gasteiger partial charge is 0.468 e. The van der Waals surface area contributed by atoms with E-state index in [0.29, 0.717) is 5.01 Å². The van der Waals surface area contributed by atoms with Gasteiger partial charge >= 0.3 is 5.97 Å². The van der Waals surface area contributed by atoms with Crippen LogP contribution in [-0.4, -0.2) is 36.7 Å². The molecule has 6 nitrogen and oxygen atoms in total. The lowest BCUT2D eigenvalue weighted by molar-refractivity contribution is -0.646. The third-order valence-electron chi connectivity index (χ3n) is 0.864. The monoisotopic (exact) mass is 148 g/mol. The summed E-state index contributed by atoms with van der Waals surface area (Å²) in [5, 5.41) is 9.84. The molecule has 0 saturated carbocycles. The number of methoxy groups -OCH3 is 1. The summed E-state index contributed by atoms with van der Waals surface area (Å²) in [6.07, 6.45) is 0. The van der Waals surface area contributed by atoms with Crippen molar-refractivity contribution in [3.05, 3.63) is 10.1 Å². The van der Waals surface area contributed by atoms with Crippen molar-refractivity contribution in [3.63, 3.8) is 0 Å². The normalized spacial score (nSPS) is 8.60. The van der Waals surface area contributed by atoms with Crippen LogP contribution >= 0.6 is 0 Å². The molecular weight excluding hydrogens is 140 g/mol. The van der Waals surface area contributed by atoms with Crippen LogP contribution in [0.25, 0.3) is 0 Å². The summed E-state index contributed by atoms with van der Waals surface area (Å²) in [6.45, 7) is -0.330. The molecule has 0 fully saturated rings. The van der Waals surface area contributed by atoms with Crippen LogP contribution in [0.4, 0.5) is 0 Å². The van der Waals surface area contributed by atoms with Crippen LogP contribution in [0.5, 0.6) is 0 Å². The Labute approximate surface area is 57.5 Å². The molecule has 0 rings (SSSR count). The number of likely N-dealkylation sites (N-methyl/N-ethyl adjacent to an activating group) is 1. The Balaban J connectivity index is 3.68. The first-order chi connectivity index (χ1) is 4.57.